The minimum absolute atomic E-state index is 0.323. The van der Waals surface area contributed by atoms with Gasteiger partial charge in [-0.2, -0.15) is 0 Å². The topological polar surface area (TPSA) is 30.0 Å². The highest BCUT2D eigenvalue weighted by Gasteiger charge is 2.17. The number of halogens is 1. The zero-order chi connectivity index (χ0) is 13.9. The Balaban J connectivity index is 2.20. The lowest BCUT2D eigenvalue weighted by atomic mass is 10.1. The molecule has 0 aliphatic rings. The highest BCUT2D eigenvalue weighted by atomic mass is 35.5. The number of carbonyl (C=O) groups is 1. The number of hydrogen-bond acceptors (Lipinski definition) is 3. The fourth-order valence-corrected chi connectivity index (χ4v) is 3.06. The first-order valence-electron chi connectivity index (χ1n) is 6.07. The van der Waals surface area contributed by atoms with Gasteiger partial charge in [0, 0.05) is 5.56 Å². The molecule has 2 nitrogen and oxygen atoms in total. The summed E-state index contributed by atoms with van der Waals surface area (Å²) in [6, 6.07) is 19.7. The fourth-order valence-electron chi connectivity index (χ4n) is 1.98. The molecule has 0 unspecified atom stereocenters. The molecule has 3 rings (SSSR count). The van der Waals surface area contributed by atoms with Crippen molar-refractivity contribution in [1.29, 1.82) is 0 Å². The number of nitrogens with zero attached hydrogens (tertiary/aromatic N) is 1. The highest BCUT2D eigenvalue weighted by molar-refractivity contribution is 7.19. The van der Waals surface area contributed by atoms with E-state index < -0.39 is 5.24 Å². The molecule has 0 N–H and O–H groups in total. The third-order valence-electron chi connectivity index (χ3n) is 2.88. The summed E-state index contributed by atoms with van der Waals surface area (Å²) in [7, 11) is 0. The van der Waals surface area contributed by atoms with Crippen molar-refractivity contribution in [2.75, 3.05) is 0 Å². The van der Waals surface area contributed by atoms with Gasteiger partial charge in [-0.05, 0) is 17.2 Å². The van der Waals surface area contributed by atoms with Gasteiger partial charge in [0.2, 0.25) is 0 Å². The second-order valence-electron chi connectivity index (χ2n) is 4.20. The van der Waals surface area contributed by atoms with Gasteiger partial charge in [0.15, 0.2) is 5.01 Å². The summed E-state index contributed by atoms with van der Waals surface area (Å²) < 4.78 is 0. The molecule has 0 amide bonds. The predicted molar refractivity (Wildman–Crippen MR) is 83.2 cm³/mol. The smallest absolute Gasteiger partial charge is 0.273 e. The van der Waals surface area contributed by atoms with Crippen molar-refractivity contribution in [2.24, 2.45) is 0 Å². The van der Waals surface area contributed by atoms with Crippen molar-refractivity contribution in [3.8, 4) is 21.7 Å². The van der Waals surface area contributed by atoms with Gasteiger partial charge in [-0.25, -0.2) is 4.98 Å². The molecule has 4 heteroatoms. The van der Waals surface area contributed by atoms with Crippen LogP contribution in [0.5, 0.6) is 0 Å². The Morgan fingerprint density at radius 3 is 2.00 bits per heavy atom. The maximum absolute atomic E-state index is 11.4. The number of thiazole rings is 1. The van der Waals surface area contributed by atoms with Crippen LogP contribution < -0.4 is 0 Å². The van der Waals surface area contributed by atoms with Crippen molar-refractivity contribution in [2.45, 2.75) is 0 Å². The summed E-state index contributed by atoms with van der Waals surface area (Å²) in [4.78, 5) is 16.7. The van der Waals surface area contributed by atoms with Gasteiger partial charge >= 0.3 is 0 Å². The van der Waals surface area contributed by atoms with E-state index in [1.807, 2.05) is 60.7 Å². The van der Waals surface area contributed by atoms with Crippen LogP contribution in [-0.2, 0) is 0 Å². The lowest BCUT2D eigenvalue weighted by Gasteiger charge is -2.02. The minimum Gasteiger partial charge on any atom is -0.273 e. The van der Waals surface area contributed by atoms with Crippen LogP contribution in [0.15, 0.2) is 60.7 Å². The molecule has 0 spiro atoms. The van der Waals surface area contributed by atoms with E-state index in [0.717, 1.165) is 21.7 Å². The Morgan fingerprint density at radius 1 is 0.900 bits per heavy atom. The zero-order valence-corrected chi connectivity index (χ0v) is 12.0. The van der Waals surface area contributed by atoms with E-state index in [1.165, 1.54) is 11.3 Å². The lowest BCUT2D eigenvalue weighted by Crippen LogP contribution is -1.86. The van der Waals surface area contributed by atoms with Crippen molar-refractivity contribution >= 4 is 28.2 Å². The van der Waals surface area contributed by atoms with Crippen LogP contribution in [-0.4, -0.2) is 10.2 Å². The molecule has 1 aromatic heterocycles. The van der Waals surface area contributed by atoms with Gasteiger partial charge in [-0.1, -0.05) is 60.7 Å². The molecule has 0 saturated carbocycles. The molecule has 2 aromatic carbocycles. The molecular weight excluding hydrogens is 290 g/mol. The van der Waals surface area contributed by atoms with Crippen LogP contribution in [0.25, 0.3) is 21.7 Å². The number of rotatable bonds is 3. The van der Waals surface area contributed by atoms with Gasteiger partial charge in [-0.3, -0.25) is 4.79 Å². The highest BCUT2D eigenvalue weighted by Crippen LogP contribution is 2.37. The average molecular weight is 300 g/mol. The van der Waals surface area contributed by atoms with Crippen molar-refractivity contribution in [3.05, 3.63) is 65.7 Å². The predicted octanol–water partition coefficient (Wildman–Crippen LogP) is 4.86. The molecule has 0 fully saturated rings. The molecule has 98 valence electrons. The van der Waals surface area contributed by atoms with Crippen LogP contribution in [0.4, 0.5) is 0 Å². The third kappa shape index (κ3) is 2.50. The largest absolute Gasteiger partial charge is 0.281 e. The SMILES string of the molecule is O=C(Cl)c1nc(-c2ccccc2)c(-c2ccccc2)s1. The molecule has 0 radical (unpaired) electrons. The van der Waals surface area contributed by atoms with Crippen LogP contribution in [0.2, 0.25) is 0 Å². The summed E-state index contributed by atoms with van der Waals surface area (Å²) in [5, 5.41) is -0.196. The maximum atomic E-state index is 11.4. The summed E-state index contributed by atoms with van der Waals surface area (Å²) in [5.74, 6) is 0. The number of carbonyl (C=O) groups excluding carboxylic acids is 1. The first kappa shape index (κ1) is 13.0. The van der Waals surface area contributed by atoms with Crippen LogP contribution in [0.1, 0.15) is 9.80 Å². The van der Waals surface area contributed by atoms with Gasteiger partial charge in [0.1, 0.15) is 0 Å². The maximum Gasteiger partial charge on any atom is 0.281 e. The molecule has 0 bridgehead atoms. The van der Waals surface area contributed by atoms with Crippen LogP contribution in [0, 0.1) is 0 Å². The molecule has 0 saturated heterocycles. The van der Waals surface area contributed by atoms with Gasteiger partial charge < -0.3 is 0 Å². The van der Waals surface area contributed by atoms with Crippen molar-refractivity contribution in [1.82, 2.24) is 4.98 Å². The average Bonchev–Trinajstić information content (AvgIpc) is 2.94. The molecule has 0 atom stereocenters. The lowest BCUT2D eigenvalue weighted by molar-refractivity contribution is 0.108. The second-order valence-corrected chi connectivity index (χ2v) is 5.54. The van der Waals surface area contributed by atoms with Crippen LogP contribution in [0.3, 0.4) is 0 Å². The van der Waals surface area contributed by atoms with E-state index in [9.17, 15) is 4.79 Å². The Labute approximate surface area is 125 Å². The summed E-state index contributed by atoms with van der Waals surface area (Å²) in [5.41, 5.74) is 2.81. The molecule has 20 heavy (non-hydrogen) atoms. The monoisotopic (exact) mass is 299 g/mol. The fraction of sp³-hybridized carbons (Fsp3) is 0. The van der Waals surface area contributed by atoms with E-state index in [0.29, 0.717) is 5.01 Å². The first-order valence-corrected chi connectivity index (χ1v) is 7.26. The third-order valence-corrected chi connectivity index (χ3v) is 4.27. The standard InChI is InChI=1S/C16H10ClNOS/c17-15(19)16-18-13(11-7-3-1-4-8-11)14(20-16)12-9-5-2-6-10-12/h1-10H. The number of benzene rings is 2. The Kier molecular flexibility index (Phi) is 3.63. The summed E-state index contributed by atoms with van der Waals surface area (Å²) in [6.45, 7) is 0. The molecule has 3 aromatic rings. The van der Waals surface area contributed by atoms with E-state index in [1.54, 1.807) is 0 Å². The van der Waals surface area contributed by atoms with E-state index in [-0.39, 0.29) is 0 Å². The van der Waals surface area contributed by atoms with E-state index >= 15 is 0 Å². The number of aromatic nitrogens is 1. The Hall–Kier alpha value is -1.97. The first-order chi connectivity index (χ1) is 9.75. The second kappa shape index (κ2) is 5.57. The quantitative estimate of drug-likeness (QED) is 0.647. The van der Waals surface area contributed by atoms with E-state index in [4.69, 9.17) is 11.6 Å². The van der Waals surface area contributed by atoms with E-state index in [2.05, 4.69) is 4.98 Å². The van der Waals surface area contributed by atoms with Gasteiger partial charge in [0.05, 0.1) is 10.6 Å². The normalized spacial score (nSPS) is 10.4. The van der Waals surface area contributed by atoms with Gasteiger partial charge in [-0.15, -0.1) is 11.3 Å². The van der Waals surface area contributed by atoms with Gasteiger partial charge in [0.25, 0.3) is 5.24 Å². The molecule has 1 heterocycles. The molecule has 0 aliphatic carbocycles. The summed E-state index contributed by atoms with van der Waals surface area (Å²) >= 11 is 6.90. The Bertz CT molecular complexity index is 681. The summed E-state index contributed by atoms with van der Waals surface area (Å²) in [6.07, 6.45) is 0. The zero-order valence-electron chi connectivity index (χ0n) is 10.4. The number of hydrogen-bond donors (Lipinski definition) is 0. The van der Waals surface area contributed by atoms with Crippen molar-refractivity contribution in [3.63, 3.8) is 0 Å². The molecular formula is C16H10ClNOS. The minimum atomic E-state index is -0.519. The van der Waals surface area contributed by atoms with Crippen LogP contribution >= 0.6 is 22.9 Å². The molecule has 0 aliphatic heterocycles. The van der Waals surface area contributed by atoms with Crippen molar-refractivity contribution < 1.29 is 4.79 Å². The Morgan fingerprint density at radius 2 is 1.45 bits per heavy atom.